The highest BCUT2D eigenvalue weighted by Gasteiger charge is 2.40. The molecule has 0 aliphatic heterocycles. The summed E-state index contributed by atoms with van der Waals surface area (Å²) in [4.78, 5) is 20.1. The van der Waals surface area contributed by atoms with E-state index in [2.05, 4.69) is 5.32 Å². The SMILES string of the molecule is CCC(C)Nc1c([N+](=O)[O-])cc(C(F)(F)F)c(C)c1[N+](=O)[O-]. The highest BCUT2D eigenvalue weighted by Crippen LogP contribution is 2.44. The quantitative estimate of drug-likeness (QED) is 0.652. The molecule has 0 heterocycles. The number of benzene rings is 1. The molecule has 0 spiro atoms. The Kier molecular flexibility index (Phi) is 4.94. The Bertz CT molecular complexity index is 617. The first-order valence-corrected chi connectivity index (χ1v) is 6.30. The van der Waals surface area contributed by atoms with Crippen LogP contribution in [0.4, 0.5) is 30.2 Å². The van der Waals surface area contributed by atoms with Gasteiger partial charge in [0.2, 0.25) is 0 Å². The smallest absolute Gasteiger partial charge is 0.371 e. The molecule has 0 saturated carbocycles. The summed E-state index contributed by atoms with van der Waals surface area (Å²) in [6.07, 6.45) is -4.44. The topological polar surface area (TPSA) is 98.3 Å². The molecule has 1 aromatic carbocycles. The van der Waals surface area contributed by atoms with Crippen LogP contribution in [0.25, 0.3) is 0 Å². The zero-order valence-corrected chi connectivity index (χ0v) is 12.0. The molecule has 0 amide bonds. The molecule has 0 aromatic heterocycles. The highest BCUT2D eigenvalue weighted by molar-refractivity contribution is 5.78. The Labute approximate surface area is 123 Å². The van der Waals surface area contributed by atoms with Gasteiger partial charge < -0.3 is 5.32 Å². The molecule has 0 fully saturated rings. The molecule has 1 atom stereocenters. The van der Waals surface area contributed by atoms with E-state index in [1.807, 2.05) is 0 Å². The number of nitrogens with zero attached hydrogens (tertiary/aromatic N) is 2. The molecule has 0 aliphatic rings. The molecule has 0 radical (unpaired) electrons. The fourth-order valence-electron chi connectivity index (χ4n) is 1.91. The zero-order valence-electron chi connectivity index (χ0n) is 12.0. The van der Waals surface area contributed by atoms with E-state index in [0.29, 0.717) is 12.5 Å². The van der Waals surface area contributed by atoms with Gasteiger partial charge >= 0.3 is 11.9 Å². The first kappa shape index (κ1) is 17.7. The lowest BCUT2D eigenvalue weighted by Crippen LogP contribution is -2.18. The number of hydrogen-bond donors (Lipinski definition) is 1. The van der Waals surface area contributed by atoms with Crippen molar-refractivity contribution >= 4 is 17.1 Å². The van der Waals surface area contributed by atoms with Crippen molar-refractivity contribution in [2.75, 3.05) is 5.32 Å². The second-order valence-corrected chi connectivity index (χ2v) is 4.76. The number of nitro groups is 2. The maximum Gasteiger partial charge on any atom is 0.417 e. The van der Waals surface area contributed by atoms with Crippen LogP contribution in [0.5, 0.6) is 0 Å². The first-order valence-electron chi connectivity index (χ1n) is 6.30. The molecule has 22 heavy (non-hydrogen) atoms. The van der Waals surface area contributed by atoms with E-state index in [-0.39, 0.29) is 6.04 Å². The van der Waals surface area contributed by atoms with Crippen molar-refractivity contribution in [1.82, 2.24) is 0 Å². The van der Waals surface area contributed by atoms with Crippen molar-refractivity contribution in [3.63, 3.8) is 0 Å². The van der Waals surface area contributed by atoms with E-state index in [4.69, 9.17) is 0 Å². The minimum Gasteiger partial charge on any atom is -0.371 e. The summed E-state index contributed by atoms with van der Waals surface area (Å²) in [6, 6.07) is -0.0545. The summed E-state index contributed by atoms with van der Waals surface area (Å²) >= 11 is 0. The van der Waals surface area contributed by atoms with Gasteiger partial charge in [-0.3, -0.25) is 20.2 Å². The Morgan fingerprint density at radius 3 is 2.18 bits per heavy atom. The van der Waals surface area contributed by atoms with Gasteiger partial charge in [-0.25, -0.2) is 0 Å². The molecule has 1 aromatic rings. The van der Waals surface area contributed by atoms with Gasteiger partial charge in [-0.2, -0.15) is 13.2 Å². The zero-order chi connectivity index (χ0) is 17.2. The van der Waals surface area contributed by atoms with E-state index in [1.54, 1.807) is 13.8 Å². The van der Waals surface area contributed by atoms with Gasteiger partial charge in [0.15, 0.2) is 5.69 Å². The summed E-state index contributed by atoms with van der Waals surface area (Å²) < 4.78 is 38.8. The average molecular weight is 321 g/mol. The van der Waals surface area contributed by atoms with Gasteiger partial charge in [-0.05, 0) is 20.3 Å². The van der Waals surface area contributed by atoms with E-state index >= 15 is 0 Å². The van der Waals surface area contributed by atoms with Crippen LogP contribution in [0, 0.1) is 27.2 Å². The Balaban J connectivity index is 3.77. The van der Waals surface area contributed by atoms with Crippen molar-refractivity contribution in [2.24, 2.45) is 0 Å². The molecule has 10 heteroatoms. The number of rotatable bonds is 5. The predicted molar refractivity (Wildman–Crippen MR) is 72.9 cm³/mol. The van der Waals surface area contributed by atoms with Crippen LogP contribution in [0.3, 0.4) is 0 Å². The molecule has 122 valence electrons. The standard InChI is InChI=1S/C12H14F3N3O4/c1-4-6(2)16-10-9(17(19)20)5-8(12(13,14)15)7(3)11(10)18(21)22/h5-6,16H,4H2,1-3H3. The number of nitro benzene ring substituents is 2. The van der Waals surface area contributed by atoms with Crippen LogP contribution in [0.2, 0.25) is 0 Å². The Morgan fingerprint density at radius 2 is 1.82 bits per heavy atom. The average Bonchev–Trinajstić information content (AvgIpc) is 2.36. The minimum absolute atomic E-state index is 0.326. The van der Waals surface area contributed by atoms with Crippen molar-refractivity contribution in [1.29, 1.82) is 0 Å². The van der Waals surface area contributed by atoms with Crippen molar-refractivity contribution < 1.29 is 23.0 Å². The second-order valence-electron chi connectivity index (χ2n) is 4.76. The van der Waals surface area contributed by atoms with Crippen molar-refractivity contribution in [3.8, 4) is 0 Å². The molecule has 0 saturated heterocycles. The lowest BCUT2D eigenvalue weighted by atomic mass is 10.0. The molecular weight excluding hydrogens is 307 g/mol. The van der Waals surface area contributed by atoms with Crippen LogP contribution in [-0.4, -0.2) is 15.9 Å². The maximum absolute atomic E-state index is 12.9. The lowest BCUT2D eigenvalue weighted by Gasteiger charge is -2.17. The molecule has 1 unspecified atom stereocenters. The van der Waals surface area contributed by atoms with Crippen LogP contribution >= 0.6 is 0 Å². The first-order chi connectivity index (χ1) is 10.0. The number of hydrogen-bond acceptors (Lipinski definition) is 5. The third-order valence-corrected chi connectivity index (χ3v) is 3.22. The van der Waals surface area contributed by atoms with Crippen molar-refractivity contribution in [3.05, 3.63) is 37.4 Å². The summed E-state index contributed by atoms with van der Waals surface area (Å²) in [5, 5.41) is 24.7. The molecule has 0 aliphatic carbocycles. The molecule has 1 rings (SSSR count). The van der Waals surface area contributed by atoms with Crippen LogP contribution in [0.1, 0.15) is 31.4 Å². The fraction of sp³-hybridized carbons (Fsp3) is 0.500. The number of alkyl halides is 3. The Hall–Kier alpha value is -2.39. The predicted octanol–water partition coefficient (Wildman–Crippen LogP) is 4.04. The van der Waals surface area contributed by atoms with Gasteiger partial charge in [-0.1, -0.05) is 6.92 Å². The van der Waals surface area contributed by atoms with E-state index < -0.39 is 44.2 Å². The van der Waals surface area contributed by atoms with Crippen LogP contribution in [0.15, 0.2) is 6.07 Å². The van der Waals surface area contributed by atoms with Gasteiger partial charge in [0.05, 0.1) is 15.4 Å². The third-order valence-electron chi connectivity index (χ3n) is 3.22. The summed E-state index contributed by atoms with van der Waals surface area (Å²) in [5.41, 5.74) is -4.45. The second kappa shape index (κ2) is 6.16. The van der Waals surface area contributed by atoms with E-state index in [0.717, 1.165) is 6.92 Å². The summed E-state index contributed by atoms with van der Waals surface area (Å²) in [6.45, 7) is 4.26. The van der Waals surface area contributed by atoms with Crippen LogP contribution < -0.4 is 5.32 Å². The monoisotopic (exact) mass is 321 g/mol. The number of anilines is 1. The Morgan fingerprint density at radius 1 is 1.27 bits per heavy atom. The molecular formula is C12H14F3N3O4. The summed E-state index contributed by atoms with van der Waals surface area (Å²) in [5.74, 6) is 0. The largest absolute Gasteiger partial charge is 0.417 e. The highest BCUT2D eigenvalue weighted by atomic mass is 19.4. The molecule has 7 nitrogen and oxygen atoms in total. The summed E-state index contributed by atoms with van der Waals surface area (Å²) in [7, 11) is 0. The minimum atomic E-state index is -4.92. The third kappa shape index (κ3) is 3.43. The lowest BCUT2D eigenvalue weighted by molar-refractivity contribution is -0.393. The van der Waals surface area contributed by atoms with E-state index in [9.17, 15) is 33.4 Å². The van der Waals surface area contributed by atoms with Gasteiger partial charge in [0.1, 0.15) is 0 Å². The molecule has 1 N–H and O–H groups in total. The number of halogens is 3. The van der Waals surface area contributed by atoms with E-state index in [1.165, 1.54) is 0 Å². The maximum atomic E-state index is 12.9. The molecule has 0 bridgehead atoms. The van der Waals surface area contributed by atoms with Gasteiger partial charge in [0.25, 0.3) is 5.69 Å². The van der Waals surface area contributed by atoms with Crippen LogP contribution in [-0.2, 0) is 6.18 Å². The normalized spacial score (nSPS) is 12.8. The fourth-order valence-corrected chi connectivity index (χ4v) is 1.91. The van der Waals surface area contributed by atoms with Gasteiger partial charge in [0, 0.05) is 17.7 Å². The van der Waals surface area contributed by atoms with Crippen molar-refractivity contribution in [2.45, 2.75) is 39.4 Å². The van der Waals surface area contributed by atoms with Gasteiger partial charge in [-0.15, -0.1) is 0 Å². The number of nitrogens with one attached hydrogen (secondary N) is 1.